The van der Waals surface area contributed by atoms with E-state index >= 15 is 0 Å². The molecule has 0 radical (unpaired) electrons. The third kappa shape index (κ3) is 3.09. The van der Waals surface area contributed by atoms with Gasteiger partial charge in [-0.25, -0.2) is 4.79 Å². The maximum absolute atomic E-state index is 10.3. The maximum Gasteiger partial charge on any atom is 0.373 e. The summed E-state index contributed by atoms with van der Waals surface area (Å²) in [5.41, 5.74) is 1.26. The van der Waals surface area contributed by atoms with Gasteiger partial charge in [0.25, 0.3) is 0 Å². The van der Waals surface area contributed by atoms with Crippen LogP contribution in [0.15, 0.2) is 10.8 Å². The van der Waals surface area contributed by atoms with Gasteiger partial charge in [-0.2, -0.15) is 20.9 Å². The molecule has 0 fully saturated rings. The Kier molecular flexibility index (Phi) is 4.60. The van der Waals surface area contributed by atoms with E-state index in [9.17, 15) is 4.79 Å². The van der Waals surface area contributed by atoms with Crippen LogP contribution in [0.3, 0.4) is 0 Å². The lowest BCUT2D eigenvalue weighted by Crippen LogP contribution is -1.94. The maximum atomic E-state index is 10.3. The van der Waals surface area contributed by atoms with Gasteiger partial charge in [-0.3, -0.25) is 0 Å². The minimum atomic E-state index is -0.839. The normalized spacial score (nSPS) is 7.75. The largest absolute Gasteiger partial charge is 0.478 e. The van der Waals surface area contributed by atoms with Crippen LogP contribution in [-0.2, 0) is 9.59 Å². The molecule has 1 aromatic heterocycles. The van der Waals surface area contributed by atoms with Crippen molar-refractivity contribution in [3.63, 3.8) is 0 Å². The van der Waals surface area contributed by atoms with Crippen LogP contribution in [0.4, 0.5) is 0 Å². The first-order valence-electron chi connectivity index (χ1n) is 2.88. The Bertz CT molecular complexity index is 296. The van der Waals surface area contributed by atoms with E-state index in [1.165, 1.54) is 11.3 Å². The van der Waals surface area contributed by atoms with Crippen molar-refractivity contribution in [2.45, 2.75) is 6.92 Å². The highest BCUT2D eigenvalue weighted by atomic mass is 32.1. The standard InChI is InChI=1S/C6H6O2S.CO2/c1-4-2-9-3-5(4)6(7)8;2-1-3/h2-3H,1H3,(H,7,8);. The van der Waals surface area contributed by atoms with E-state index in [0.29, 0.717) is 5.56 Å². The first kappa shape index (κ1) is 10.6. The van der Waals surface area contributed by atoms with Crippen molar-refractivity contribution in [3.05, 3.63) is 21.9 Å². The number of carboxylic acid groups (broad SMARTS) is 1. The summed E-state index contributed by atoms with van der Waals surface area (Å²) >= 11 is 1.41. The number of rotatable bonds is 1. The Morgan fingerprint density at radius 3 is 2.17 bits per heavy atom. The molecule has 1 N–H and O–H groups in total. The molecule has 5 heteroatoms. The van der Waals surface area contributed by atoms with Gasteiger partial charge in [0.2, 0.25) is 0 Å². The lowest BCUT2D eigenvalue weighted by atomic mass is 10.2. The summed E-state index contributed by atoms with van der Waals surface area (Å²) < 4.78 is 0. The van der Waals surface area contributed by atoms with Crippen LogP contribution in [0.2, 0.25) is 0 Å². The van der Waals surface area contributed by atoms with Crippen LogP contribution in [0.1, 0.15) is 15.9 Å². The molecule has 0 atom stereocenters. The molecule has 0 unspecified atom stereocenters. The van der Waals surface area contributed by atoms with Crippen LogP contribution < -0.4 is 0 Å². The molecule has 64 valence electrons. The van der Waals surface area contributed by atoms with Crippen LogP contribution in [0, 0.1) is 6.92 Å². The number of carbonyl (C=O) groups is 1. The zero-order valence-electron chi connectivity index (χ0n) is 6.23. The molecule has 0 amide bonds. The Morgan fingerprint density at radius 2 is 2.00 bits per heavy atom. The second-order valence-electron chi connectivity index (χ2n) is 1.86. The van der Waals surface area contributed by atoms with Gasteiger partial charge in [-0.15, -0.1) is 0 Å². The second kappa shape index (κ2) is 5.23. The van der Waals surface area contributed by atoms with Gasteiger partial charge in [0.05, 0.1) is 5.56 Å². The van der Waals surface area contributed by atoms with E-state index in [1.54, 1.807) is 12.3 Å². The molecule has 12 heavy (non-hydrogen) atoms. The fourth-order valence-electron chi connectivity index (χ4n) is 0.580. The van der Waals surface area contributed by atoms with Crippen molar-refractivity contribution in [2.75, 3.05) is 0 Å². The highest BCUT2D eigenvalue weighted by molar-refractivity contribution is 7.08. The number of aryl methyl sites for hydroxylation is 1. The van der Waals surface area contributed by atoms with Crippen molar-refractivity contribution < 1.29 is 19.5 Å². The summed E-state index contributed by atoms with van der Waals surface area (Å²) in [6.45, 7) is 1.79. The number of aromatic carboxylic acids is 1. The van der Waals surface area contributed by atoms with E-state index < -0.39 is 5.97 Å². The van der Waals surface area contributed by atoms with Crippen molar-refractivity contribution in [1.29, 1.82) is 0 Å². The molecule has 4 nitrogen and oxygen atoms in total. The number of hydrogen-bond acceptors (Lipinski definition) is 4. The fourth-order valence-corrected chi connectivity index (χ4v) is 1.40. The van der Waals surface area contributed by atoms with Crippen molar-refractivity contribution in [1.82, 2.24) is 0 Å². The van der Waals surface area contributed by atoms with E-state index in [1.807, 2.05) is 5.38 Å². The van der Waals surface area contributed by atoms with Crippen LogP contribution in [0.5, 0.6) is 0 Å². The minimum absolute atomic E-state index is 0.250. The fraction of sp³-hybridized carbons (Fsp3) is 0.143. The molecule has 0 aliphatic carbocycles. The summed E-state index contributed by atoms with van der Waals surface area (Å²) in [6.07, 6.45) is 0.250. The lowest BCUT2D eigenvalue weighted by Gasteiger charge is -1.86. The van der Waals surface area contributed by atoms with Crippen LogP contribution in [-0.4, -0.2) is 17.2 Å². The van der Waals surface area contributed by atoms with Gasteiger partial charge in [0.15, 0.2) is 0 Å². The van der Waals surface area contributed by atoms with Crippen LogP contribution in [0.25, 0.3) is 0 Å². The van der Waals surface area contributed by atoms with Gasteiger partial charge >= 0.3 is 12.1 Å². The molecular weight excluding hydrogens is 180 g/mol. The summed E-state index contributed by atoms with van der Waals surface area (Å²) in [5.74, 6) is -0.839. The molecule has 1 heterocycles. The zero-order valence-corrected chi connectivity index (χ0v) is 7.05. The zero-order chi connectivity index (χ0) is 9.56. The summed E-state index contributed by atoms with van der Waals surface area (Å²) in [6, 6.07) is 0. The average Bonchev–Trinajstić information content (AvgIpc) is 2.36. The Morgan fingerprint density at radius 1 is 1.50 bits per heavy atom. The SMILES string of the molecule is Cc1cscc1C(=O)O.O=C=O. The highest BCUT2D eigenvalue weighted by Gasteiger charge is 2.05. The topological polar surface area (TPSA) is 71.4 Å². The van der Waals surface area contributed by atoms with E-state index in [0.717, 1.165) is 5.56 Å². The van der Waals surface area contributed by atoms with E-state index in [4.69, 9.17) is 14.7 Å². The molecule has 0 aromatic carbocycles. The predicted octanol–water partition coefficient (Wildman–Crippen LogP) is 1.17. The smallest absolute Gasteiger partial charge is 0.373 e. The molecular formula is C7H6O4S. The third-order valence-corrected chi connectivity index (χ3v) is 1.95. The van der Waals surface area contributed by atoms with Crippen molar-refractivity contribution in [2.24, 2.45) is 0 Å². The predicted molar refractivity (Wildman–Crippen MR) is 41.0 cm³/mol. The summed E-state index contributed by atoms with van der Waals surface area (Å²) in [4.78, 5) is 26.5. The van der Waals surface area contributed by atoms with Gasteiger partial charge in [-0.05, 0) is 17.9 Å². The third-order valence-electron chi connectivity index (χ3n) is 1.09. The van der Waals surface area contributed by atoms with Gasteiger partial charge < -0.3 is 5.11 Å². The molecule has 0 bridgehead atoms. The Hall–Kier alpha value is -1.45. The number of carbonyl (C=O) groups excluding carboxylic acids is 2. The molecule has 0 aliphatic rings. The minimum Gasteiger partial charge on any atom is -0.478 e. The number of thiophene rings is 1. The van der Waals surface area contributed by atoms with Gasteiger partial charge in [0.1, 0.15) is 0 Å². The lowest BCUT2D eigenvalue weighted by molar-refractivity contribution is -0.191. The quantitative estimate of drug-likeness (QED) is 0.714. The van der Waals surface area contributed by atoms with Crippen molar-refractivity contribution >= 4 is 23.5 Å². The number of carboxylic acids is 1. The first-order valence-corrected chi connectivity index (χ1v) is 3.83. The average molecular weight is 186 g/mol. The number of hydrogen-bond donors (Lipinski definition) is 1. The molecule has 1 aromatic rings. The van der Waals surface area contributed by atoms with E-state index in [2.05, 4.69) is 0 Å². The molecule has 0 spiro atoms. The Balaban J connectivity index is 0.000000354. The molecule has 0 saturated heterocycles. The Labute approximate surface area is 72.5 Å². The molecule has 1 rings (SSSR count). The van der Waals surface area contributed by atoms with Gasteiger partial charge in [0, 0.05) is 5.38 Å². The monoisotopic (exact) mass is 186 g/mol. The second-order valence-corrected chi connectivity index (χ2v) is 2.60. The van der Waals surface area contributed by atoms with Gasteiger partial charge in [-0.1, -0.05) is 0 Å². The summed E-state index contributed by atoms with van der Waals surface area (Å²) in [5, 5.41) is 11.9. The summed E-state index contributed by atoms with van der Waals surface area (Å²) in [7, 11) is 0. The highest BCUT2D eigenvalue weighted by Crippen LogP contribution is 2.12. The first-order chi connectivity index (χ1) is 5.63. The molecule has 0 saturated carbocycles. The molecule has 0 aliphatic heterocycles. The van der Waals surface area contributed by atoms with E-state index in [-0.39, 0.29) is 6.15 Å². The van der Waals surface area contributed by atoms with Crippen molar-refractivity contribution in [3.8, 4) is 0 Å². The van der Waals surface area contributed by atoms with Crippen LogP contribution >= 0.6 is 11.3 Å².